The first kappa shape index (κ1) is 24.0. The van der Waals surface area contributed by atoms with Crippen molar-refractivity contribution >= 4 is 29.6 Å². The van der Waals surface area contributed by atoms with Crippen LogP contribution in [0.15, 0.2) is 34.3 Å². The predicted octanol–water partition coefficient (Wildman–Crippen LogP) is -2.76. The Kier molecular flexibility index (Phi) is 5.63. The van der Waals surface area contributed by atoms with Crippen molar-refractivity contribution in [2.75, 3.05) is 13.1 Å². The number of aryl methyl sites for hydroxylation is 2. The Morgan fingerprint density at radius 3 is 2.64 bits per heavy atom. The van der Waals surface area contributed by atoms with Crippen molar-refractivity contribution in [2.24, 2.45) is 21.5 Å². The molecule has 2 fully saturated rings. The van der Waals surface area contributed by atoms with E-state index in [1.165, 1.54) is 4.90 Å². The van der Waals surface area contributed by atoms with Crippen LogP contribution in [0.5, 0.6) is 0 Å². The molecule has 0 aromatic heterocycles. The highest BCUT2D eigenvalue weighted by Crippen LogP contribution is 2.45. The fourth-order valence-corrected chi connectivity index (χ4v) is 5.64. The number of aliphatic imine (C=N–C) groups is 2. The average molecular weight is 499 g/mol. The number of nitrogens with zero attached hydrogens (tertiary/aromatic N) is 4. The minimum absolute atomic E-state index is 0.0447. The summed E-state index contributed by atoms with van der Waals surface area (Å²) in [6.07, 6.45) is 0.844. The number of imide groups is 1. The van der Waals surface area contributed by atoms with Crippen LogP contribution in [0, 0.1) is 6.92 Å². The smallest absolute Gasteiger partial charge is 0.231 e. The van der Waals surface area contributed by atoms with Gasteiger partial charge in [0, 0.05) is 25.8 Å². The highest BCUT2D eigenvalue weighted by Gasteiger charge is 2.73. The van der Waals surface area contributed by atoms with E-state index in [1.54, 1.807) is 0 Å². The van der Waals surface area contributed by atoms with Gasteiger partial charge in [-0.25, -0.2) is 9.98 Å². The molecule has 3 amide bonds. The van der Waals surface area contributed by atoms with E-state index in [0.717, 1.165) is 16.0 Å². The average Bonchev–Trinajstić information content (AvgIpc) is 3.41. The van der Waals surface area contributed by atoms with Crippen molar-refractivity contribution in [3.05, 3.63) is 35.4 Å². The first-order valence-electron chi connectivity index (χ1n) is 11.9. The molecular weight excluding hydrogens is 468 g/mol. The van der Waals surface area contributed by atoms with E-state index in [1.807, 2.05) is 31.2 Å². The topological polar surface area (TPSA) is 199 Å². The van der Waals surface area contributed by atoms with Crippen LogP contribution >= 0.6 is 0 Å². The predicted molar refractivity (Wildman–Crippen MR) is 128 cm³/mol. The third-order valence-electron chi connectivity index (χ3n) is 7.38. The second-order valence-electron chi connectivity index (χ2n) is 9.75. The highest BCUT2D eigenvalue weighted by molar-refractivity contribution is 6.02. The molecule has 0 aliphatic carbocycles. The standard InChI is InChI=1S/C23H30N8O5/c1-12-3-2-4-13(9-12)5-6-16(32)27-15-11-31-21(25)26-14(10-30-17(33)7-8-18(30)34)19-22(31,23(15,35)36)29-20(24)28-19/h2-4,9,14-15,19,35-36H,5-8,10-11H2,1H3,(H2,25,26)(H,27,32)(H3,24,28,29)/t14?,15?,19-,22-/m0/s1. The Bertz CT molecular complexity index is 1170. The molecule has 4 atom stereocenters. The Morgan fingerprint density at radius 1 is 1.22 bits per heavy atom. The first-order valence-corrected chi connectivity index (χ1v) is 11.9. The lowest BCUT2D eigenvalue weighted by atomic mass is 9.84. The second kappa shape index (κ2) is 8.45. The number of benzene rings is 1. The van der Waals surface area contributed by atoms with Crippen LogP contribution in [0.3, 0.4) is 0 Å². The highest BCUT2D eigenvalue weighted by atomic mass is 16.5. The van der Waals surface area contributed by atoms with E-state index in [0.29, 0.717) is 6.42 Å². The van der Waals surface area contributed by atoms with Crippen LogP contribution in [0.4, 0.5) is 0 Å². The maximum atomic E-state index is 12.8. The van der Waals surface area contributed by atoms with Gasteiger partial charge in [0.15, 0.2) is 17.6 Å². The van der Waals surface area contributed by atoms with E-state index in [2.05, 4.69) is 20.6 Å². The molecule has 4 heterocycles. The number of carbonyl (C=O) groups excluding carboxylic acids is 3. The molecule has 13 heteroatoms. The summed E-state index contributed by atoms with van der Waals surface area (Å²) in [5.74, 6) is -3.72. The number of nitrogens with two attached hydrogens (primary N) is 2. The maximum Gasteiger partial charge on any atom is 0.231 e. The number of aliphatic hydroxyl groups is 2. The van der Waals surface area contributed by atoms with E-state index in [9.17, 15) is 24.6 Å². The zero-order valence-electron chi connectivity index (χ0n) is 19.8. The summed E-state index contributed by atoms with van der Waals surface area (Å²) in [7, 11) is 0. The number of rotatable bonds is 6. The number of amides is 3. The van der Waals surface area contributed by atoms with Gasteiger partial charge in [0.1, 0.15) is 12.1 Å². The number of carbonyl (C=O) groups is 3. The molecule has 0 saturated carbocycles. The molecule has 2 unspecified atom stereocenters. The van der Waals surface area contributed by atoms with Gasteiger partial charge >= 0.3 is 0 Å². The van der Waals surface area contributed by atoms with Crippen molar-refractivity contribution in [1.29, 1.82) is 0 Å². The number of likely N-dealkylation sites (tertiary alicyclic amines) is 1. The number of hydrogen-bond donors (Lipinski definition) is 6. The zero-order chi connectivity index (χ0) is 25.8. The normalized spacial score (nSPS) is 30.5. The molecule has 4 aliphatic rings. The molecular formula is C23H30N8O5. The minimum Gasteiger partial charge on any atom is -0.370 e. The number of hydrogen-bond acceptors (Lipinski definition) is 11. The molecule has 5 rings (SSSR count). The molecule has 0 radical (unpaired) electrons. The molecule has 192 valence electrons. The van der Waals surface area contributed by atoms with Crippen LogP contribution in [-0.4, -0.2) is 92.3 Å². The lowest BCUT2D eigenvalue weighted by Gasteiger charge is -2.49. The van der Waals surface area contributed by atoms with Gasteiger partial charge in [-0.3, -0.25) is 19.3 Å². The molecule has 1 spiro atoms. The lowest BCUT2D eigenvalue weighted by molar-refractivity contribution is -0.232. The van der Waals surface area contributed by atoms with Gasteiger partial charge in [-0.1, -0.05) is 29.8 Å². The van der Waals surface area contributed by atoms with Crippen molar-refractivity contribution in [3.8, 4) is 0 Å². The molecule has 8 N–H and O–H groups in total. The van der Waals surface area contributed by atoms with Gasteiger partial charge < -0.3 is 37.2 Å². The molecule has 1 aromatic rings. The maximum absolute atomic E-state index is 12.8. The monoisotopic (exact) mass is 498 g/mol. The number of nitrogens with one attached hydrogen (secondary N) is 2. The Balaban J connectivity index is 1.36. The van der Waals surface area contributed by atoms with Crippen molar-refractivity contribution in [1.82, 2.24) is 20.4 Å². The number of guanidine groups is 2. The summed E-state index contributed by atoms with van der Waals surface area (Å²) in [6, 6.07) is 4.80. The zero-order valence-corrected chi connectivity index (χ0v) is 19.8. The third kappa shape index (κ3) is 3.66. The van der Waals surface area contributed by atoms with Gasteiger partial charge in [-0.05, 0) is 18.9 Å². The molecule has 2 saturated heterocycles. The van der Waals surface area contributed by atoms with Crippen molar-refractivity contribution in [2.45, 2.75) is 62.2 Å². The van der Waals surface area contributed by atoms with Crippen molar-refractivity contribution < 1.29 is 24.6 Å². The van der Waals surface area contributed by atoms with Gasteiger partial charge in [0.2, 0.25) is 23.5 Å². The summed E-state index contributed by atoms with van der Waals surface area (Å²) < 4.78 is 0. The Morgan fingerprint density at radius 2 is 1.94 bits per heavy atom. The van der Waals surface area contributed by atoms with Gasteiger partial charge in [0.05, 0.1) is 12.6 Å². The van der Waals surface area contributed by atoms with E-state index < -0.39 is 29.6 Å². The SMILES string of the molecule is Cc1cccc(CCC(=O)NC2CN3C(N)=NC(CN4C(=O)CCC4=O)[C@@H]4N=C(N)N[C@@]43C2(O)O)c1. The van der Waals surface area contributed by atoms with Gasteiger partial charge in [0.25, 0.3) is 0 Å². The molecule has 0 bridgehead atoms. The second-order valence-corrected chi connectivity index (χ2v) is 9.75. The van der Waals surface area contributed by atoms with Crippen LogP contribution in [0.25, 0.3) is 0 Å². The summed E-state index contributed by atoms with van der Waals surface area (Å²) in [6.45, 7) is 1.77. The Labute approximate surface area is 207 Å². The molecule has 1 aromatic carbocycles. The van der Waals surface area contributed by atoms with E-state index >= 15 is 0 Å². The summed E-state index contributed by atoms with van der Waals surface area (Å²) >= 11 is 0. The van der Waals surface area contributed by atoms with Gasteiger partial charge in [-0.2, -0.15) is 0 Å². The van der Waals surface area contributed by atoms with E-state index in [4.69, 9.17) is 11.5 Å². The van der Waals surface area contributed by atoms with Crippen LogP contribution in [-0.2, 0) is 20.8 Å². The molecule has 36 heavy (non-hydrogen) atoms. The quantitative estimate of drug-likeness (QED) is 0.178. The molecule has 4 aliphatic heterocycles. The third-order valence-corrected chi connectivity index (χ3v) is 7.38. The van der Waals surface area contributed by atoms with Crippen molar-refractivity contribution in [3.63, 3.8) is 0 Å². The van der Waals surface area contributed by atoms with Crippen LogP contribution in [0.1, 0.15) is 30.4 Å². The fourth-order valence-electron chi connectivity index (χ4n) is 5.64. The summed E-state index contributed by atoms with van der Waals surface area (Å²) in [5.41, 5.74) is 12.5. The summed E-state index contributed by atoms with van der Waals surface area (Å²) in [4.78, 5) is 48.5. The largest absolute Gasteiger partial charge is 0.370 e. The fraction of sp³-hybridized carbons (Fsp3) is 0.522. The van der Waals surface area contributed by atoms with Gasteiger partial charge in [-0.15, -0.1) is 0 Å². The Hall–Kier alpha value is -3.71. The molecule has 13 nitrogen and oxygen atoms in total. The van der Waals surface area contributed by atoms with Crippen LogP contribution in [0.2, 0.25) is 0 Å². The van der Waals surface area contributed by atoms with E-state index in [-0.39, 0.29) is 62.0 Å². The first-order chi connectivity index (χ1) is 17.0. The van der Waals surface area contributed by atoms with Crippen LogP contribution < -0.4 is 22.1 Å². The lowest BCUT2D eigenvalue weighted by Crippen LogP contribution is -2.78. The summed E-state index contributed by atoms with van der Waals surface area (Å²) in [5, 5.41) is 28.5. The minimum atomic E-state index is -2.57.